The van der Waals surface area contributed by atoms with Gasteiger partial charge in [-0.2, -0.15) is 0 Å². The Balaban J connectivity index is 0. The van der Waals surface area contributed by atoms with Crippen molar-refractivity contribution >= 4 is 0 Å². The Labute approximate surface area is 84.1 Å². The minimum atomic E-state index is 0.801. The highest BCUT2D eigenvalue weighted by Crippen LogP contribution is 1.98. The fraction of sp³-hybridized carbons (Fsp3) is 0.667. The summed E-state index contributed by atoms with van der Waals surface area (Å²) in [6.45, 7) is 16.8. The molecule has 0 N–H and O–H groups in total. The summed E-state index contributed by atoms with van der Waals surface area (Å²) < 4.78 is 0. The van der Waals surface area contributed by atoms with Gasteiger partial charge in [-0.25, -0.2) is 0 Å². The van der Waals surface area contributed by atoms with E-state index in [0.29, 0.717) is 0 Å². The Kier molecular flexibility index (Phi) is 9.26. The first-order valence-corrected chi connectivity index (χ1v) is 4.73. The summed E-state index contributed by atoms with van der Waals surface area (Å²) in [5.74, 6) is 0.801. The number of hydrogen-bond donors (Lipinski definition) is 0. The molecule has 0 fully saturated rings. The summed E-state index contributed by atoms with van der Waals surface area (Å²) in [5, 5.41) is 0. The van der Waals surface area contributed by atoms with Crippen molar-refractivity contribution in [2.24, 2.45) is 5.92 Å². The van der Waals surface area contributed by atoms with E-state index in [1.165, 1.54) is 6.54 Å². The average Bonchev–Trinajstić information content (AvgIpc) is 1.84. The van der Waals surface area contributed by atoms with Crippen molar-refractivity contribution in [2.75, 3.05) is 20.6 Å². The van der Waals surface area contributed by atoms with E-state index >= 15 is 0 Å². The summed E-state index contributed by atoms with van der Waals surface area (Å²) in [5.41, 5.74) is 2.13. The van der Waals surface area contributed by atoms with E-state index in [0.717, 1.165) is 17.1 Å². The summed E-state index contributed by atoms with van der Waals surface area (Å²) in [6, 6.07) is 0. The normalized spacial score (nSPS) is 9.54. The molecule has 0 aromatic heterocycles. The van der Waals surface area contributed by atoms with Crippen molar-refractivity contribution < 1.29 is 0 Å². The van der Waals surface area contributed by atoms with Gasteiger partial charge in [0.05, 0.1) is 0 Å². The van der Waals surface area contributed by atoms with Crippen LogP contribution in [0.4, 0.5) is 0 Å². The molecule has 0 aromatic rings. The third kappa shape index (κ3) is 18.4. The highest BCUT2D eigenvalue weighted by atomic mass is 15.0. The van der Waals surface area contributed by atoms with Crippen LogP contribution < -0.4 is 0 Å². The van der Waals surface area contributed by atoms with Crippen LogP contribution in [0.3, 0.4) is 0 Å². The second-order valence-electron chi connectivity index (χ2n) is 4.22. The molecule has 0 amide bonds. The monoisotopic (exact) mass is 183 g/mol. The Bertz CT molecular complexity index is 137. The van der Waals surface area contributed by atoms with Crippen LogP contribution in [0, 0.1) is 5.92 Å². The lowest BCUT2D eigenvalue weighted by Crippen LogP contribution is -2.17. The van der Waals surface area contributed by atoms with Crippen LogP contribution in [-0.2, 0) is 0 Å². The van der Waals surface area contributed by atoms with Gasteiger partial charge in [0.15, 0.2) is 0 Å². The molecule has 0 radical (unpaired) electrons. The smallest absolute Gasteiger partial charge is 0.000172 e. The van der Waals surface area contributed by atoms with Gasteiger partial charge in [0.2, 0.25) is 0 Å². The van der Waals surface area contributed by atoms with Gasteiger partial charge in [0.1, 0.15) is 0 Å². The highest BCUT2D eigenvalue weighted by Gasteiger charge is 1.92. The van der Waals surface area contributed by atoms with Crippen LogP contribution in [0.15, 0.2) is 24.3 Å². The van der Waals surface area contributed by atoms with E-state index in [4.69, 9.17) is 0 Å². The third-order valence-electron chi connectivity index (χ3n) is 1.46. The fourth-order valence-corrected chi connectivity index (χ4v) is 0.730. The highest BCUT2D eigenvalue weighted by molar-refractivity contribution is 5.19. The van der Waals surface area contributed by atoms with Crippen LogP contribution in [0.25, 0.3) is 0 Å². The number of nitrogens with zero attached hydrogens (tertiary/aromatic N) is 1. The van der Waals surface area contributed by atoms with Gasteiger partial charge in [-0.15, -0.1) is 0 Å². The zero-order valence-corrected chi connectivity index (χ0v) is 10.1. The van der Waals surface area contributed by atoms with Crippen molar-refractivity contribution in [3.8, 4) is 0 Å². The van der Waals surface area contributed by atoms with Crippen molar-refractivity contribution in [3.63, 3.8) is 0 Å². The second kappa shape index (κ2) is 8.06. The van der Waals surface area contributed by atoms with Crippen molar-refractivity contribution in [1.29, 1.82) is 0 Å². The molecule has 0 saturated carbocycles. The molecule has 0 heterocycles. The molecule has 0 atom stereocenters. The first kappa shape index (κ1) is 14.9. The third-order valence-corrected chi connectivity index (χ3v) is 1.46. The van der Waals surface area contributed by atoms with E-state index in [1.807, 2.05) is 13.8 Å². The molecule has 0 aliphatic heterocycles. The van der Waals surface area contributed by atoms with Crippen LogP contribution in [0.1, 0.15) is 27.7 Å². The van der Waals surface area contributed by atoms with E-state index in [-0.39, 0.29) is 0 Å². The number of rotatable bonds is 3. The molecule has 0 aromatic carbocycles. The standard InChI is InChI=1S/C6H15N.C6H10/c1-6(2)5-7(3)4;1-5(2)6(3)4/h6H,5H2,1-4H3;1,3H2,2,4H3. The molecule has 1 nitrogen and oxygen atoms in total. The minimum absolute atomic E-state index is 0.801. The summed E-state index contributed by atoms with van der Waals surface area (Å²) in [4.78, 5) is 2.20. The maximum Gasteiger partial charge on any atom is -0.000172 e. The van der Waals surface area contributed by atoms with Crippen molar-refractivity contribution in [1.82, 2.24) is 4.90 Å². The SMILES string of the molecule is C=C(C)C(=C)C.CC(C)CN(C)C. The zero-order chi connectivity index (χ0) is 11.0. The lowest BCUT2D eigenvalue weighted by Gasteiger charge is -2.10. The molecule has 0 bridgehead atoms. The van der Waals surface area contributed by atoms with Crippen molar-refractivity contribution in [3.05, 3.63) is 24.3 Å². The Hall–Kier alpha value is -0.560. The topological polar surface area (TPSA) is 3.24 Å². The number of hydrogen-bond acceptors (Lipinski definition) is 1. The fourth-order valence-electron chi connectivity index (χ4n) is 0.730. The van der Waals surface area contributed by atoms with E-state index in [1.54, 1.807) is 0 Å². The molecule has 1 heteroatoms. The van der Waals surface area contributed by atoms with E-state index in [2.05, 4.69) is 46.0 Å². The predicted molar refractivity (Wildman–Crippen MR) is 63.0 cm³/mol. The quantitative estimate of drug-likeness (QED) is 0.607. The summed E-state index contributed by atoms with van der Waals surface area (Å²) >= 11 is 0. The molecule has 13 heavy (non-hydrogen) atoms. The summed E-state index contributed by atoms with van der Waals surface area (Å²) in [7, 11) is 4.19. The first-order chi connectivity index (χ1) is 5.77. The van der Waals surface area contributed by atoms with Gasteiger partial charge in [0, 0.05) is 0 Å². The maximum atomic E-state index is 3.66. The van der Waals surface area contributed by atoms with Gasteiger partial charge in [0.25, 0.3) is 0 Å². The molecule has 0 aliphatic carbocycles. The molecule has 0 saturated heterocycles. The first-order valence-electron chi connectivity index (χ1n) is 4.73. The maximum absolute atomic E-state index is 3.66. The molecular formula is C12H25N. The van der Waals surface area contributed by atoms with E-state index in [9.17, 15) is 0 Å². The average molecular weight is 183 g/mol. The lowest BCUT2D eigenvalue weighted by atomic mass is 10.2. The molecule has 0 spiro atoms. The van der Waals surface area contributed by atoms with Crippen LogP contribution in [0.2, 0.25) is 0 Å². The zero-order valence-electron chi connectivity index (χ0n) is 10.1. The van der Waals surface area contributed by atoms with Gasteiger partial charge in [-0.3, -0.25) is 0 Å². The van der Waals surface area contributed by atoms with Gasteiger partial charge in [-0.05, 0) is 40.4 Å². The summed E-state index contributed by atoms with van der Waals surface area (Å²) in [6.07, 6.45) is 0. The predicted octanol–water partition coefficient (Wildman–Crippen LogP) is 3.34. The minimum Gasteiger partial charge on any atom is -0.309 e. The van der Waals surface area contributed by atoms with Crippen molar-refractivity contribution in [2.45, 2.75) is 27.7 Å². The van der Waals surface area contributed by atoms with Gasteiger partial charge < -0.3 is 4.90 Å². The van der Waals surface area contributed by atoms with Gasteiger partial charge >= 0.3 is 0 Å². The Morgan fingerprint density at radius 2 is 1.38 bits per heavy atom. The Morgan fingerprint density at radius 1 is 1.08 bits per heavy atom. The molecule has 0 unspecified atom stereocenters. The van der Waals surface area contributed by atoms with Gasteiger partial charge in [-0.1, -0.05) is 38.2 Å². The molecule has 0 aliphatic rings. The lowest BCUT2D eigenvalue weighted by molar-refractivity contribution is 0.354. The Morgan fingerprint density at radius 3 is 1.38 bits per heavy atom. The van der Waals surface area contributed by atoms with Crippen LogP contribution in [0.5, 0.6) is 0 Å². The largest absolute Gasteiger partial charge is 0.309 e. The second-order valence-corrected chi connectivity index (χ2v) is 4.22. The van der Waals surface area contributed by atoms with Crippen LogP contribution in [-0.4, -0.2) is 25.5 Å². The molecule has 0 rings (SSSR count). The molecule has 78 valence electrons. The van der Waals surface area contributed by atoms with Crippen LogP contribution >= 0.6 is 0 Å². The van der Waals surface area contributed by atoms with E-state index < -0.39 is 0 Å². The molecular weight excluding hydrogens is 158 g/mol. The number of allylic oxidation sites excluding steroid dienone is 2.